The Hall–Kier alpha value is -1.31. The molecule has 5 nitrogen and oxygen atoms in total. The van der Waals surface area contributed by atoms with Crippen LogP contribution in [0, 0.1) is 0 Å². The number of nitrogens with zero attached hydrogens (tertiary/aromatic N) is 5. The first kappa shape index (κ1) is 17.7. The molecule has 0 atom stereocenters. The maximum atomic E-state index is 12.7. The first-order chi connectivity index (χ1) is 9.67. The smallest absolute Gasteiger partial charge is 0.341 e. The number of rotatable bonds is 6. The van der Waals surface area contributed by atoms with Gasteiger partial charge in [-0.3, -0.25) is 0 Å². The van der Waals surface area contributed by atoms with Crippen LogP contribution < -0.4 is 9.80 Å². The van der Waals surface area contributed by atoms with Crippen LogP contribution in [0.1, 0.15) is 27.7 Å². The summed E-state index contributed by atoms with van der Waals surface area (Å²) in [4.78, 5) is 14.8. The summed E-state index contributed by atoms with van der Waals surface area (Å²) in [5.41, 5.74) is 0. The Balaban J connectivity index is 3.19. The monoisotopic (exact) mass is 325 g/mol. The molecule has 1 heterocycles. The van der Waals surface area contributed by atoms with Gasteiger partial charge < -0.3 is 9.80 Å². The molecule has 1 rings (SSSR count). The summed E-state index contributed by atoms with van der Waals surface area (Å²) in [7, 11) is 0. The van der Waals surface area contributed by atoms with Gasteiger partial charge in [-0.1, -0.05) is 0 Å². The Labute approximate surface area is 127 Å². The van der Waals surface area contributed by atoms with Crippen molar-refractivity contribution in [2.75, 3.05) is 29.4 Å². The molecule has 9 heteroatoms. The topological polar surface area (TPSA) is 45.2 Å². The Bertz CT molecular complexity index is 463. The molecule has 0 saturated heterocycles. The van der Waals surface area contributed by atoms with Gasteiger partial charge in [-0.05, 0) is 39.3 Å². The molecule has 21 heavy (non-hydrogen) atoms. The summed E-state index contributed by atoms with van der Waals surface area (Å²) in [5.74, 6) is 0.215. The zero-order valence-corrected chi connectivity index (χ0v) is 13.2. The highest BCUT2D eigenvalue weighted by atomic mass is 35.5. The molecule has 120 valence electrons. The third-order valence-corrected chi connectivity index (χ3v) is 3.03. The van der Waals surface area contributed by atoms with Crippen LogP contribution >= 0.6 is 11.6 Å². The molecule has 0 aliphatic heterocycles. The van der Waals surface area contributed by atoms with E-state index in [1.165, 1.54) is 0 Å². The minimum Gasteiger partial charge on any atom is -0.341 e. The van der Waals surface area contributed by atoms with Gasteiger partial charge in [0, 0.05) is 19.1 Å². The molecule has 0 N–H and O–H groups in total. The van der Waals surface area contributed by atoms with Crippen LogP contribution in [0.25, 0.3) is 0 Å². The molecular formula is C12H19ClF3N5. The van der Waals surface area contributed by atoms with Crippen molar-refractivity contribution in [1.82, 2.24) is 15.0 Å². The Morgan fingerprint density at radius 2 is 1.57 bits per heavy atom. The van der Waals surface area contributed by atoms with Crippen molar-refractivity contribution in [3.8, 4) is 0 Å². The van der Waals surface area contributed by atoms with Crippen LogP contribution in [0.15, 0.2) is 0 Å². The predicted molar refractivity (Wildman–Crippen MR) is 76.9 cm³/mol. The fourth-order valence-corrected chi connectivity index (χ4v) is 1.93. The highest BCUT2D eigenvalue weighted by Crippen LogP contribution is 2.23. The van der Waals surface area contributed by atoms with Gasteiger partial charge in [-0.15, -0.1) is 0 Å². The van der Waals surface area contributed by atoms with E-state index in [1.54, 1.807) is 18.7 Å². The Kier molecular flexibility index (Phi) is 6.00. The molecule has 0 fully saturated rings. The fourth-order valence-electron chi connectivity index (χ4n) is 1.78. The molecule has 0 radical (unpaired) electrons. The van der Waals surface area contributed by atoms with E-state index in [2.05, 4.69) is 15.0 Å². The lowest BCUT2D eigenvalue weighted by Gasteiger charge is -2.28. The van der Waals surface area contributed by atoms with Crippen molar-refractivity contribution in [1.29, 1.82) is 0 Å². The van der Waals surface area contributed by atoms with Gasteiger partial charge in [0.15, 0.2) is 0 Å². The van der Waals surface area contributed by atoms with Gasteiger partial charge in [0.05, 0.1) is 0 Å². The molecular weight excluding hydrogens is 307 g/mol. The van der Waals surface area contributed by atoms with Crippen molar-refractivity contribution in [3.05, 3.63) is 5.28 Å². The Morgan fingerprint density at radius 3 is 2.00 bits per heavy atom. The van der Waals surface area contributed by atoms with Crippen molar-refractivity contribution in [2.45, 2.75) is 39.9 Å². The second-order valence-corrected chi connectivity index (χ2v) is 5.05. The fraction of sp³-hybridized carbons (Fsp3) is 0.750. The van der Waals surface area contributed by atoms with E-state index in [9.17, 15) is 13.2 Å². The molecule has 0 bridgehead atoms. The minimum absolute atomic E-state index is 0.0655. The van der Waals surface area contributed by atoms with Crippen LogP contribution in [0.2, 0.25) is 5.28 Å². The summed E-state index contributed by atoms with van der Waals surface area (Å²) < 4.78 is 38.1. The SMILES string of the molecule is CCN(CC)c1nc(Cl)nc(N(CC(F)(F)F)C(C)C)n1. The number of aromatic nitrogens is 3. The van der Waals surface area contributed by atoms with E-state index in [1.807, 2.05) is 13.8 Å². The van der Waals surface area contributed by atoms with E-state index in [4.69, 9.17) is 11.6 Å². The number of hydrogen-bond donors (Lipinski definition) is 0. The minimum atomic E-state index is -4.35. The van der Waals surface area contributed by atoms with E-state index < -0.39 is 18.8 Å². The molecule has 1 aromatic rings. The van der Waals surface area contributed by atoms with Crippen LogP contribution in [0.3, 0.4) is 0 Å². The standard InChI is InChI=1S/C12H19ClF3N5/c1-5-20(6-2)10-17-9(13)18-11(19-10)21(8(3)4)7-12(14,15)16/h8H,5-7H2,1-4H3. The van der Waals surface area contributed by atoms with Crippen molar-refractivity contribution >= 4 is 23.5 Å². The maximum absolute atomic E-state index is 12.7. The third kappa shape index (κ3) is 5.18. The quantitative estimate of drug-likeness (QED) is 0.804. The van der Waals surface area contributed by atoms with Crippen LogP contribution in [0.5, 0.6) is 0 Å². The second-order valence-electron chi connectivity index (χ2n) is 4.71. The first-order valence-electron chi connectivity index (χ1n) is 6.67. The average molecular weight is 326 g/mol. The molecule has 0 aliphatic rings. The van der Waals surface area contributed by atoms with Crippen LogP contribution in [0.4, 0.5) is 25.1 Å². The van der Waals surface area contributed by atoms with Crippen molar-refractivity contribution in [2.24, 2.45) is 0 Å². The number of anilines is 2. The van der Waals surface area contributed by atoms with Gasteiger partial charge in [0.2, 0.25) is 17.2 Å². The van der Waals surface area contributed by atoms with Gasteiger partial charge in [0.25, 0.3) is 0 Å². The van der Waals surface area contributed by atoms with E-state index in [0.29, 0.717) is 13.1 Å². The van der Waals surface area contributed by atoms with Crippen molar-refractivity contribution < 1.29 is 13.2 Å². The lowest BCUT2D eigenvalue weighted by atomic mass is 10.3. The number of hydrogen-bond acceptors (Lipinski definition) is 5. The lowest BCUT2D eigenvalue weighted by molar-refractivity contribution is -0.120. The maximum Gasteiger partial charge on any atom is 0.406 e. The van der Waals surface area contributed by atoms with E-state index in [0.717, 1.165) is 4.90 Å². The van der Waals surface area contributed by atoms with Crippen molar-refractivity contribution in [3.63, 3.8) is 0 Å². The van der Waals surface area contributed by atoms with E-state index in [-0.39, 0.29) is 17.2 Å². The summed E-state index contributed by atoms with van der Waals surface area (Å²) in [6.07, 6.45) is -4.35. The van der Waals surface area contributed by atoms with Gasteiger partial charge >= 0.3 is 6.18 Å². The Morgan fingerprint density at radius 1 is 1.05 bits per heavy atom. The lowest BCUT2D eigenvalue weighted by Crippen LogP contribution is -2.40. The number of halogens is 4. The predicted octanol–water partition coefficient (Wildman–Crippen LogP) is 3.15. The largest absolute Gasteiger partial charge is 0.406 e. The first-order valence-corrected chi connectivity index (χ1v) is 7.05. The molecule has 0 spiro atoms. The van der Waals surface area contributed by atoms with Gasteiger partial charge in [-0.25, -0.2) is 0 Å². The zero-order chi connectivity index (χ0) is 16.2. The zero-order valence-electron chi connectivity index (χ0n) is 12.4. The highest BCUT2D eigenvalue weighted by molar-refractivity contribution is 6.28. The normalized spacial score (nSPS) is 11.9. The number of alkyl halides is 3. The van der Waals surface area contributed by atoms with Gasteiger partial charge in [-0.2, -0.15) is 28.1 Å². The van der Waals surface area contributed by atoms with E-state index >= 15 is 0 Å². The third-order valence-electron chi connectivity index (χ3n) is 2.86. The second kappa shape index (κ2) is 7.11. The molecule has 1 aromatic heterocycles. The van der Waals surface area contributed by atoms with Crippen LogP contribution in [-0.2, 0) is 0 Å². The summed E-state index contributed by atoms with van der Waals surface area (Å²) in [6.45, 7) is 7.19. The summed E-state index contributed by atoms with van der Waals surface area (Å²) in [5, 5.41) is -0.116. The molecule has 0 amide bonds. The molecule has 0 aromatic carbocycles. The highest BCUT2D eigenvalue weighted by Gasteiger charge is 2.33. The molecule has 0 saturated carbocycles. The molecule has 0 unspecified atom stereocenters. The van der Waals surface area contributed by atoms with Gasteiger partial charge in [0.1, 0.15) is 6.54 Å². The molecule has 0 aliphatic carbocycles. The summed E-state index contributed by atoms with van der Waals surface area (Å²) >= 11 is 5.83. The average Bonchev–Trinajstić information content (AvgIpc) is 2.35. The van der Waals surface area contributed by atoms with Crippen LogP contribution in [-0.4, -0.2) is 46.8 Å². The summed E-state index contributed by atoms with van der Waals surface area (Å²) in [6, 6.07) is -0.422.